The zero-order chi connectivity index (χ0) is 22.2. The van der Waals surface area contributed by atoms with Gasteiger partial charge in [-0.25, -0.2) is 0 Å². The van der Waals surface area contributed by atoms with Crippen molar-refractivity contribution in [3.05, 3.63) is 58.7 Å². The SMILES string of the molecule is CCN(CC)CCNc1ccc(NCCNCCO)c2c1C(=O)c1ccccc1C2=O. The number of benzene rings is 2. The van der Waals surface area contributed by atoms with Crippen molar-refractivity contribution in [2.24, 2.45) is 0 Å². The van der Waals surface area contributed by atoms with E-state index in [1.807, 2.05) is 12.1 Å². The Labute approximate surface area is 183 Å². The molecule has 0 atom stereocenters. The van der Waals surface area contributed by atoms with Crippen LogP contribution >= 0.6 is 0 Å². The Hall–Kier alpha value is -2.74. The molecule has 2 aromatic rings. The van der Waals surface area contributed by atoms with E-state index in [4.69, 9.17) is 5.11 Å². The molecule has 0 aliphatic heterocycles. The van der Waals surface area contributed by atoms with Gasteiger partial charge < -0.3 is 26.0 Å². The molecule has 0 fully saturated rings. The molecule has 0 saturated heterocycles. The number of nitrogens with one attached hydrogen (secondary N) is 3. The number of nitrogens with zero attached hydrogens (tertiary/aromatic N) is 1. The van der Waals surface area contributed by atoms with Gasteiger partial charge in [0.15, 0.2) is 11.6 Å². The normalized spacial score (nSPS) is 12.6. The number of likely N-dealkylation sites (N-methyl/N-ethyl adjacent to an activating group) is 1. The smallest absolute Gasteiger partial charge is 0.196 e. The van der Waals surface area contributed by atoms with Crippen LogP contribution in [0.2, 0.25) is 0 Å². The molecule has 31 heavy (non-hydrogen) atoms. The maximum absolute atomic E-state index is 13.4. The van der Waals surface area contributed by atoms with Crippen molar-refractivity contribution in [3.63, 3.8) is 0 Å². The largest absolute Gasteiger partial charge is 0.395 e. The molecule has 4 N–H and O–H groups in total. The number of aliphatic hydroxyl groups excluding tert-OH is 1. The molecular weight excluding hydrogens is 392 g/mol. The molecule has 0 amide bonds. The van der Waals surface area contributed by atoms with Gasteiger partial charge in [0.1, 0.15) is 0 Å². The van der Waals surface area contributed by atoms with Crippen LogP contribution < -0.4 is 16.0 Å². The Bertz CT molecular complexity index is 925. The van der Waals surface area contributed by atoms with Crippen molar-refractivity contribution in [1.82, 2.24) is 10.2 Å². The second-order valence-electron chi connectivity index (χ2n) is 7.47. The van der Waals surface area contributed by atoms with Crippen LogP contribution in [0.15, 0.2) is 36.4 Å². The van der Waals surface area contributed by atoms with Crippen LogP contribution in [0.3, 0.4) is 0 Å². The van der Waals surface area contributed by atoms with E-state index in [1.165, 1.54) is 0 Å². The molecule has 2 aromatic carbocycles. The topological polar surface area (TPSA) is 93.7 Å². The Morgan fingerprint density at radius 2 is 1.32 bits per heavy atom. The highest BCUT2D eigenvalue weighted by atomic mass is 16.3. The molecule has 0 unspecified atom stereocenters. The second kappa shape index (κ2) is 11.0. The molecule has 3 rings (SSSR count). The number of fused-ring (bicyclic) bond motifs is 2. The van der Waals surface area contributed by atoms with Crippen molar-refractivity contribution in [3.8, 4) is 0 Å². The third-order valence-corrected chi connectivity index (χ3v) is 5.62. The molecule has 0 bridgehead atoms. The highest BCUT2D eigenvalue weighted by Crippen LogP contribution is 2.36. The number of hydrogen-bond donors (Lipinski definition) is 4. The van der Waals surface area contributed by atoms with Gasteiger partial charge in [0, 0.05) is 55.2 Å². The predicted octanol–water partition coefficient (Wildman–Crippen LogP) is 2.21. The van der Waals surface area contributed by atoms with Crippen LogP contribution in [0.5, 0.6) is 0 Å². The Balaban J connectivity index is 1.90. The molecule has 0 heterocycles. The lowest BCUT2D eigenvalue weighted by Gasteiger charge is -2.25. The van der Waals surface area contributed by atoms with Gasteiger partial charge in [0.25, 0.3) is 0 Å². The number of anilines is 2. The summed E-state index contributed by atoms with van der Waals surface area (Å²) in [6.07, 6.45) is 0. The summed E-state index contributed by atoms with van der Waals surface area (Å²) in [5, 5.41) is 18.7. The fourth-order valence-corrected chi connectivity index (χ4v) is 3.90. The highest BCUT2D eigenvalue weighted by Gasteiger charge is 2.33. The first-order valence-corrected chi connectivity index (χ1v) is 11.0. The van der Waals surface area contributed by atoms with Gasteiger partial charge in [-0.3, -0.25) is 9.59 Å². The van der Waals surface area contributed by atoms with Gasteiger partial charge >= 0.3 is 0 Å². The average molecular weight is 425 g/mol. The number of carbonyl (C=O) groups is 2. The van der Waals surface area contributed by atoms with E-state index in [-0.39, 0.29) is 18.2 Å². The van der Waals surface area contributed by atoms with Crippen LogP contribution in [-0.2, 0) is 0 Å². The van der Waals surface area contributed by atoms with Crippen molar-refractivity contribution in [2.75, 3.05) is 63.1 Å². The van der Waals surface area contributed by atoms with E-state index in [9.17, 15) is 9.59 Å². The summed E-state index contributed by atoms with van der Waals surface area (Å²) in [5.41, 5.74) is 3.12. The van der Waals surface area contributed by atoms with Gasteiger partial charge in [-0.2, -0.15) is 0 Å². The Morgan fingerprint density at radius 1 is 0.774 bits per heavy atom. The van der Waals surface area contributed by atoms with Gasteiger partial charge in [-0.15, -0.1) is 0 Å². The second-order valence-corrected chi connectivity index (χ2v) is 7.47. The lowest BCUT2D eigenvalue weighted by molar-refractivity contribution is 0.0980. The fraction of sp³-hybridized carbons (Fsp3) is 0.417. The molecule has 0 radical (unpaired) electrons. The average Bonchev–Trinajstić information content (AvgIpc) is 2.80. The molecular formula is C24H32N4O3. The van der Waals surface area contributed by atoms with E-state index in [0.29, 0.717) is 59.8 Å². The van der Waals surface area contributed by atoms with Crippen molar-refractivity contribution in [2.45, 2.75) is 13.8 Å². The molecule has 0 spiro atoms. The number of aliphatic hydroxyl groups is 1. The molecule has 1 aliphatic carbocycles. The summed E-state index contributed by atoms with van der Waals surface area (Å²) in [7, 11) is 0. The molecule has 166 valence electrons. The summed E-state index contributed by atoms with van der Waals surface area (Å²) >= 11 is 0. The highest BCUT2D eigenvalue weighted by molar-refractivity contribution is 6.31. The van der Waals surface area contributed by atoms with Crippen LogP contribution in [0.1, 0.15) is 45.7 Å². The quantitative estimate of drug-likeness (QED) is 0.331. The first-order chi connectivity index (χ1) is 15.1. The number of hydrogen-bond acceptors (Lipinski definition) is 7. The maximum Gasteiger partial charge on any atom is 0.196 e. The zero-order valence-electron chi connectivity index (χ0n) is 18.3. The maximum atomic E-state index is 13.4. The lowest BCUT2D eigenvalue weighted by atomic mass is 9.82. The van der Waals surface area contributed by atoms with Crippen molar-refractivity contribution >= 4 is 22.9 Å². The summed E-state index contributed by atoms with van der Waals surface area (Å²) in [6.45, 7) is 9.53. The number of ketones is 2. The summed E-state index contributed by atoms with van der Waals surface area (Å²) < 4.78 is 0. The molecule has 7 heteroatoms. The van der Waals surface area contributed by atoms with E-state index < -0.39 is 0 Å². The fourth-order valence-electron chi connectivity index (χ4n) is 3.90. The lowest BCUT2D eigenvalue weighted by Crippen LogP contribution is -2.30. The summed E-state index contributed by atoms with van der Waals surface area (Å²) in [4.78, 5) is 29.0. The minimum Gasteiger partial charge on any atom is -0.395 e. The number of rotatable bonds is 12. The number of carbonyl (C=O) groups excluding carboxylic acids is 2. The Kier molecular flexibility index (Phi) is 8.17. The minimum absolute atomic E-state index is 0.0764. The van der Waals surface area contributed by atoms with Gasteiger partial charge in [-0.05, 0) is 25.2 Å². The monoisotopic (exact) mass is 424 g/mol. The first-order valence-electron chi connectivity index (χ1n) is 11.0. The predicted molar refractivity (Wildman–Crippen MR) is 124 cm³/mol. The van der Waals surface area contributed by atoms with Crippen LogP contribution in [0.25, 0.3) is 0 Å². The Morgan fingerprint density at radius 3 is 1.84 bits per heavy atom. The minimum atomic E-state index is -0.136. The van der Waals surface area contributed by atoms with Crippen LogP contribution in [0.4, 0.5) is 11.4 Å². The van der Waals surface area contributed by atoms with Gasteiger partial charge in [-0.1, -0.05) is 38.1 Å². The zero-order valence-corrected chi connectivity index (χ0v) is 18.3. The van der Waals surface area contributed by atoms with Crippen molar-refractivity contribution in [1.29, 1.82) is 0 Å². The summed E-state index contributed by atoms with van der Waals surface area (Å²) in [5.74, 6) is -0.263. The molecule has 0 aromatic heterocycles. The first kappa shape index (κ1) is 22.9. The molecule has 7 nitrogen and oxygen atoms in total. The van der Waals surface area contributed by atoms with E-state index in [0.717, 1.165) is 19.6 Å². The van der Waals surface area contributed by atoms with Crippen molar-refractivity contribution < 1.29 is 14.7 Å². The van der Waals surface area contributed by atoms with Gasteiger partial charge in [0.05, 0.1) is 17.7 Å². The summed E-state index contributed by atoms with van der Waals surface area (Å²) in [6, 6.07) is 10.8. The third-order valence-electron chi connectivity index (χ3n) is 5.62. The van der Waals surface area contributed by atoms with E-state index in [2.05, 4.69) is 34.7 Å². The standard InChI is InChI=1S/C24H32N4O3/c1-3-28(4-2)15-13-27-20-10-9-19(26-12-11-25-14-16-29)21-22(20)24(31)18-8-6-5-7-17(18)23(21)30/h5-10,25-27,29H,3-4,11-16H2,1-2H3. The van der Waals surface area contributed by atoms with Crippen LogP contribution in [-0.4, -0.2) is 74.0 Å². The van der Waals surface area contributed by atoms with Gasteiger partial charge in [0.2, 0.25) is 0 Å². The van der Waals surface area contributed by atoms with E-state index in [1.54, 1.807) is 24.3 Å². The third kappa shape index (κ3) is 5.12. The van der Waals surface area contributed by atoms with Crippen LogP contribution in [0, 0.1) is 0 Å². The molecule has 0 saturated carbocycles. The molecule has 1 aliphatic rings. The van der Waals surface area contributed by atoms with E-state index >= 15 is 0 Å².